The number of carbonyl (C=O) groups excluding carboxylic acids is 1. The van der Waals surface area contributed by atoms with E-state index in [9.17, 15) is 9.90 Å². The van der Waals surface area contributed by atoms with Gasteiger partial charge in [-0.05, 0) is 25.1 Å². The van der Waals surface area contributed by atoms with Crippen molar-refractivity contribution < 1.29 is 9.90 Å². The van der Waals surface area contributed by atoms with Crippen molar-refractivity contribution in [2.75, 3.05) is 13.6 Å². The molecule has 0 saturated heterocycles. The Morgan fingerprint density at radius 1 is 1.35 bits per heavy atom. The van der Waals surface area contributed by atoms with E-state index in [0.29, 0.717) is 19.5 Å². The normalized spacial score (nSPS) is 12.2. The Hall–Kier alpha value is -1.39. The molecule has 1 unspecified atom stereocenters. The smallest absolute Gasteiger partial charge is 0.221 e. The van der Waals surface area contributed by atoms with Gasteiger partial charge >= 0.3 is 0 Å². The van der Waals surface area contributed by atoms with Gasteiger partial charge in [0, 0.05) is 19.5 Å². The molecule has 0 spiro atoms. The summed E-state index contributed by atoms with van der Waals surface area (Å²) in [6.45, 7) is 2.95. The predicted octanol–water partition coefficient (Wildman–Crippen LogP) is 0.966. The van der Waals surface area contributed by atoms with E-state index in [2.05, 4.69) is 10.6 Å². The van der Waals surface area contributed by atoms with E-state index < -0.39 is 6.10 Å². The van der Waals surface area contributed by atoms with Gasteiger partial charge < -0.3 is 15.7 Å². The van der Waals surface area contributed by atoms with E-state index in [1.807, 2.05) is 31.3 Å². The van der Waals surface area contributed by atoms with Crippen LogP contribution in [0.25, 0.3) is 0 Å². The number of rotatable bonds is 6. The summed E-state index contributed by atoms with van der Waals surface area (Å²) in [5.41, 5.74) is 1.92. The summed E-state index contributed by atoms with van der Waals surface area (Å²) in [5, 5.41) is 15.1. The molecule has 0 aromatic heterocycles. The van der Waals surface area contributed by atoms with E-state index in [4.69, 9.17) is 0 Å². The Morgan fingerprint density at radius 3 is 2.53 bits per heavy atom. The highest BCUT2D eigenvalue weighted by atomic mass is 16.3. The van der Waals surface area contributed by atoms with E-state index in [1.54, 1.807) is 6.92 Å². The number of benzene rings is 1. The van der Waals surface area contributed by atoms with Crippen molar-refractivity contribution in [2.45, 2.75) is 26.0 Å². The van der Waals surface area contributed by atoms with Gasteiger partial charge in [0.05, 0.1) is 6.10 Å². The third kappa shape index (κ3) is 4.97. The van der Waals surface area contributed by atoms with Gasteiger partial charge in [-0.25, -0.2) is 0 Å². The summed E-state index contributed by atoms with van der Waals surface area (Å²) in [6.07, 6.45) is 0.0386. The summed E-state index contributed by atoms with van der Waals surface area (Å²) < 4.78 is 0. The molecule has 0 saturated carbocycles. The lowest BCUT2D eigenvalue weighted by Gasteiger charge is -2.07. The van der Waals surface area contributed by atoms with Crippen molar-refractivity contribution in [3.8, 4) is 0 Å². The molecule has 0 aliphatic carbocycles. The molecular weight excluding hydrogens is 216 g/mol. The monoisotopic (exact) mass is 236 g/mol. The minimum Gasteiger partial charge on any atom is -0.389 e. The van der Waals surface area contributed by atoms with Crippen LogP contribution in [0.3, 0.4) is 0 Å². The highest BCUT2D eigenvalue weighted by molar-refractivity contribution is 5.76. The maximum absolute atomic E-state index is 11.4. The van der Waals surface area contributed by atoms with Crippen LogP contribution in [0.2, 0.25) is 0 Å². The minimum absolute atomic E-state index is 0.0407. The molecule has 1 aromatic carbocycles. The fraction of sp³-hybridized carbons (Fsp3) is 0.462. The van der Waals surface area contributed by atoms with Crippen molar-refractivity contribution in [3.05, 3.63) is 35.4 Å². The molecule has 17 heavy (non-hydrogen) atoms. The van der Waals surface area contributed by atoms with Crippen molar-refractivity contribution >= 4 is 5.91 Å². The Balaban J connectivity index is 2.39. The van der Waals surface area contributed by atoms with E-state index >= 15 is 0 Å². The van der Waals surface area contributed by atoms with Crippen LogP contribution in [-0.4, -0.2) is 24.6 Å². The van der Waals surface area contributed by atoms with E-state index in [0.717, 1.165) is 11.1 Å². The Kier molecular flexibility index (Phi) is 5.66. The molecule has 0 heterocycles. The second-order valence-corrected chi connectivity index (χ2v) is 4.05. The average molecular weight is 236 g/mol. The Labute approximate surface area is 102 Å². The van der Waals surface area contributed by atoms with E-state index in [1.165, 1.54) is 0 Å². The van der Waals surface area contributed by atoms with Gasteiger partial charge in [0.25, 0.3) is 0 Å². The van der Waals surface area contributed by atoms with Crippen molar-refractivity contribution in [1.82, 2.24) is 10.6 Å². The molecule has 0 bridgehead atoms. The van der Waals surface area contributed by atoms with Crippen molar-refractivity contribution in [1.29, 1.82) is 0 Å². The first kappa shape index (κ1) is 13.7. The number of aliphatic hydroxyl groups excluding tert-OH is 1. The SMILES string of the molecule is CNCCC(=O)NCc1ccc(C(C)O)cc1. The standard InChI is InChI=1S/C13H20N2O2/c1-10(16)12-5-3-11(4-6-12)9-15-13(17)7-8-14-2/h3-6,10,14,16H,7-9H2,1-2H3,(H,15,17). The molecule has 0 aliphatic heterocycles. The summed E-state index contributed by atoms with van der Waals surface area (Å²) in [5.74, 6) is 0.0407. The maximum Gasteiger partial charge on any atom is 0.221 e. The Bertz CT molecular complexity index is 347. The fourth-order valence-corrected chi connectivity index (χ4v) is 1.44. The largest absolute Gasteiger partial charge is 0.389 e. The molecule has 1 atom stereocenters. The third-order valence-corrected chi connectivity index (χ3v) is 2.55. The zero-order valence-corrected chi connectivity index (χ0v) is 10.4. The molecule has 4 heteroatoms. The number of carbonyl (C=O) groups is 1. The van der Waals surface area contributed by atoms with Crippen LogP contribution in [0.1, 0.15) is 30.6 Å². The summed E-state index contributed by atoms with van der Waals surface area (Å²) in [4.78, 5) is 11.4. The van der Waals surface area contributed by atoms with Crippen LogP contribution in [0.15, 0.2) is 24.3 Å². The number of hydrogen-bond acceptors (Lipinski definition) is 3. The van der Waals surface area contributed by atoms with Gasteiger partial charge in [-0.2, -0.15) is 0 Å². The van der Waals surface area contributed by atoms with Gasteiger partial charge in [0.15, 0.2) is 0 Å². The molecule has 0 fully saturated rings. The molecule has 1 rings (SSSR count). The van der Waals surface area contributed by atoms with Gasteiger partial charge in [0.2, 0.25) is 5.91 Å². The maximum atomic E-state index is 11.4. The summed E-state index contributed by atoms with van der Waals surface area (Å²) in [7, 11) is 1.82. The van der Waals surface area contributed by atoms with Gasteiger partial charge in [-0.15, -0.1) is 0 Å². The molecule has 1 aromatic rings. The highest BCUT2D eigenvalue weighted by Gasteiger charge is 2.02. The molecule has 0 radical (unpaired) electrons. The lowest BCUT2D eigenvalue weighted by Crippen LogP contribution is -2.26. The first-order chi connectivity index (χ1) is 8.13. The molecule has 4 nitrogen and oxygen atoms in total. The Morgan fingerprint density at radius 2 is 2.00 bits per heavy atom. The van der Waals surface area contributed by atoms with Crippen molar-refractivity contribution in [3.63, 3.8) is 0 Å². The first-order valence-corrected chi connectivity index (χ1v) is 5.81. The minimum atomic E-state index is -0.450. The predicted molar refractivity (Wildman–Crippen MR) is 67.5 cm³/mol. The highest BCUT2D eigenvalue weighted by Crippen LogP contribution is 2.12. The van der Waals surface area contributed by atoms with Crippen molar-refractivity contribution in [2.24, 2.45) is 0 Å². The van der Waals surface area contributed by atoms with Crippen LogP contribution >= 0.6 is 0 Å². The molecule has 1 amide bonds. The summed E-state index contributed by atoms with van der Waals surface area (Å²) in [6, 6.07) is 7.58. The number of nitrogens with one attached hydrogen (secondary N) is 2. The van der Waals surface area contributed by atoms with Gasteiger partial charge in [0.1, 0.15) is 0 Å². The van der Waals surface area contributed by atoms with Crippen LogP contribution in [-0.2, 0) is 11.3 Å². The second-order valence-electron chi connectivity index (χ2n) is 4.05. The number of hydrogen-bond donors (Lipinski definition) is 3. The molecule has 94 valence electrons. The summed E-state index contributed by atoms with van der Waals surface area (Å²) >= 11 is 0. The van der Waals surface area contributed by atoms with E-state index in [-0.39, 0.29) is 5.91 Å². The zero-order chi connectivity index (χ0) is 12.7. The average Bonchev–Trinajstić information content (AvgIpc) is 2.34. The lowest BCUT2D eigenvalue weighted by molar-refractivity contribution is -0.121. The molecule has 0 aliphatic rings. The quantitative estimate of drug-likeness (QED) is 0.689. The van der Waals surface area contributed by atoms with Crippen LogP contribution < -0.4 is 10.6 Å². The fourth-order valence-electron chi connectivity index (χ4n) is 1.44. The zero-order valence-electron chi connectivity index (χ0n) is 10.4. The van der Waals surface area contributed by atoms with Crippen LogP contribution in [0.4, 0.5) is 0 Å². The third-order valence-electron chi connectivity index (χ3n) is 2.55. The number of aliphatic hydroxyl groups is 1. The van der Waals surface area contributed by atoms with Gasteiger partial charge in [-0.3, -0.25) is 4.79 Å². The second kappa shape index (κ2) is 7.04. The lowest BCUT2D eigenvalue weighted by atomic mass is 10.1. The van der Waals surface area contributed by atoms with Crippen LogP contribution in [0.5, 0.6) is 0 Å². The topological polar surface area (TPSA) is 61.4 Å². The number of amides is 1. The molecule has 3 N–H and O–H groups in total. The molecular formula is C13H20N2O2. The van der Waals surface area contributed by atoms with Crippen LogP contribution in [0, 0.1) is 0 Å². The first-order valence-electron chi connectivity index (χ1n) is 5.81. The van der Waals surface area contributed by atoms with Gasteiger partial charge in [-0.1, -0.05) is 24.3 Å².